The number of aryl methyl sites for hydroxylation is 1. The number of rotatable bonds is 3. The SMILES string of the molecule is Cc1cc2c(cc1NC(=O)C(C)(C)CN)OCCO2. The molecule has 1 amide bonds. The maximum atomic E-state index is 12.1. The van der Waals surface area contributed by atoms with Crippen molar-refractivity contribution in [1.29, 1.82) is 0 Å². The van der Waals surface area contributed by atoms with E-state index in [1.54, 1.807) is 6.07 Å². The third kappa shape index (κ3) is 2.81. The monoisotopic (exact) mass is 264 g/mol. The van der Waals surface area contributed by atoms with E-state index in [-0.39, 0.29) is 5.91 Å². The van der Waals surface area contributed by atoms with E-state index >= 15 is 0 Å². The Morgan fingerprint density at radius 1 is 1.32 bits per heavy atom. The number of carbonyl (C=O) groups excluding carboxylic acids is 1. The molecule has 0 saturated carbocycles. The molecule has 0 aromatic heterocycles. The largest absolute Gasteiger partial charge is 0.486 e. The second-order valence-corrected chi connectivity index (χ2v) is 5.35. The van der Waals surface area contributed by atoms with Crippen molar-refractivity contribution in [2.45, 2.75) is 20.8 Å². The molecule has 0 atom stereocenters. The summed E-state index contributed by atoms with van der Waals surface area (Å²) in [5, 5.41) is 2.90. The van der Waals surface area contributed by atoms with Gasteiger partial charge in [-0.05, 0) is 32.4 Å². The number of hydrogen-bond acceptors (Lipinski definition) is 4. The van der Waals surface area contributed by atoms with Gasteiger partial charge in [0.15, 0.2) is 11.5 Å². The molecule has 104 valence electrons. The van der Waals surface area contributed by atoms with Crippen LogP contribution in [0.3, 0.4) is 0 Å². The van der Waals surface area contributed by atoms with Crippen molar-refractivity contribution in [2.24, 2.45) is 11.1 Å². The lowest BCUT2D eigenvalue weighted by molar-refractivity contribution is -0.123. The van der Waals surface area contributed by atoms with Crippen LogP contribution in [-0.4, -0.2) is 25.7 Å². The molecular formula is C14H20N2O3. The zero-order valence-corrected chi connectivity index (χ0v) is 11.6. The minimum absolute atomic E-state index is 0.102. The van der Waals surface area contributed by atoms with E-state index in [0.717, 1.165) is 17.0 Å². The van der Waals surface area contributed by atoms with Crippen molar-refractivity contribution in [1.82, 2.24) is 0 Å². The lowest BCUT2D eigenvalue weighted by atomic mass is 9.92. The smallest absolute Gasteiger partial charge is 0.231 e. The van der Waals surface area contributed by atoms with Gasteiger partial charge < -0.3 is 20.5 Å². The normalized spacial score (nSPS) is 14.1. The average molecular weight is 264 g/mol. The van der Waals surface area contributed by atoms with Crippen molar-refractivity contribution in [3.63, 3.8) is 0 Å². The van der Waals surface area contributed by atoms with Gasteiger partial charge in [0.05, 0.1) is 5.41 Å². The first-order valence-corrected chi connectivity index (χ1v) is 6.36. The van der Waals surface area contributed by atoms with Crippen LogP contribution < -0.4 is 20.5 Å². The molecular weight excluding hydrogens is 244 g/mol. The van der Waals surface area contributed by atoms with Crippen molar-refractivity contribution in [2.75, 3.05) is 25.1 Å². The van der Waals surface area contributed by atoms with Gasteiger partial charge >= 0.3 is 0 Å². The second-order valence-electron chi connectivity index (χ2n) is 5.35. The van der Waals surface area contributed by atoms with Crippen molar-refractivity contribution in [3.05, 3.63) is 17.7 Å². The van der Waals surface area contributed by atoms with E-state index in [1.165, 1.54) is 0 Å². The quantitative estimate of drug-likeness (QED) is 0.871. The Labute approximate surface area is 113 Å². The minimum Gasteiger partial charge on any atom is -0.486 e. The summed E-state index contributed by atoms with van der Waals surface area (Å²) in [5.74, 6) is 1.28. The Balaban J connectivity index is 2.24. The van der Waals surface area contributed by atoms with Gasteiger partial charge in [-0.25, -0.2) is 0 Å². The van der Waals surface area contributed by atoms with Crippen LogP contribution >= 0.6 is 0 Å². The topological polar surface area (TPSA) is 73.6 Å². The van der Waals surface area contributed by atoms with Crippen LogP contribution in [0.25, 0.3) is 0 Å². The number of benzene rings is 1. The Bertz CT molecular complexity index is 498. The Kier molecular flexibility index (Phi) is 3.66. The van der Waals surface area contributed by atoms with Crippen LogP contribution in [-0.2, 0) is 4.79 Å². The third-order valence-corrected chi connectivity index (χ3v) is 3.26. The maximum Gasteiger partial charge on any atom is 0.231 e. The molecule has 0 spiro atoms. The van der Waals surface area contributed by atoms with E-state index < -0.39 is 5.41 Å². The molecule has 5 heteroatoms. The zero-order valence-electron chi connectivity index (χ0n) is 11.6. The van der Waals surface area contributed by atoms with Gasteiger partial charge in [-0.1, -0.05) is 0 Å². The van der Waals surface area contributed by atoms with E-state index in [2.05, 4.69) is 5.32 Å². The van der Waals surface area contributed by atoms with Gasteiger partial charge in [-0.2, -0.15) is 0 Å². The van der Waals surface area contributed by atoms with Crippen LogP contribution in [0.1, 0.15) is 19.4 Å². The van der Waals surface area contributed by atoms with E-state index in [1.807, 2.05) is 26.8 Å². The number of amides is 1. The Morgan fingerprint density at radius 2 is 1.89 bits per heavy atom. The highest BCUT2D eigenvalue weighted by molar-refractivity contribution is 5.96. The molecule has 3 N–H and O–H groups in total. The lowest BCUT2D eigenvalue weighted by Crippen LogP contribution is -2.37. The molecule has 1 aromatic carbocycles. The molecule has 0 fully saturated rings. The fourth-order valence-corrected chi connectivity index (χ4v) is 1.71. The minimum atomic E-state index is -0.598. The first kappa shape index (κ1) is 13.7. The van der Waals surface area contributed by atoms with E-state index in [0.29, 0.717) is 25.5 Å². The van der Waals surface area contributed by atoms with Gasteiger partial charge in [-0.15, -0.1) is 0 Å². The molecule has 5 nitrogen and oxygen atoms in total. The molecule has 0 aliphatic carbocycles. The number of nitrogens with two attached hydrogens (primary N) is 1. The van der Waals surface area contributed by atoms with Gasteiger partial charge in [0.1, 0.15) is 13.2 Å². The van der Waals surface area contributed by atoms with E-state index in [4.69, 9.17) is 15.2 Å². The van der Waals surface area contributed by atoms with Gasteiger partial charge in [0, 0.05) is 18.3 Å². The highest BCUT2D eigenvalue weighted by atomic mass is 16.6. The predicted molar refractivity (Wildman–Crippen MR) is 73.6 cm³/mol. The molecule has 1 aliphatic rings. The molecule has 19 heavy (non-hydrogen) atoms. The van der Waals surface area contributed by atoms with Gasteiger partial charge in [-0.3, -0.25) is 4.79 Å². The number of carbonyl (C=O) groups is 1. The molecule has 0 saturated heterocycles. The molecule has 0 bridgehead atoms. The molecule has 0 unspecified atom stereocenters. The van der Waals surface area contributed by atoms with Gasteiger partial charge in [0.25, 0.3) is 0 Å². The van der Waals surface area contributed by atoms with Crippen molar-refractivity contribution >= 4 is 11.6 Å². The van der Waals surface area contributed by atoms with Crippen LogP contribution in [0.15, 0.2) is 12.1 Å². The van der Waals surface area contributed by atoms with Crippen molar-refractivity contribution in [3.8, 4) is 11.5 Å². The standard InChI is InChI=1S/C14H20N2O3/c1-9-6-11-12(19-5-4-18-11)7-10(9)16-13(17)14(2,3)8-15/h6-7H,4-5,8,15H2,1-3H3,(H,16,17). The number of hydrogen-bond donors (Lipinski definition) is 2. The summed E-state index contributed by atoms with van der Waals surface area (Å²) in [7, 11) is 0. The molecule has 1 heterocycles. The maximum absolute atomic E-state index is 12.1. The fourth-order valence-electron chi connectivity index (χ4n) is 1.71. The van der Waals surface area contributed by atoms with E-state index in [9.17, 15) is 4.79 Å². The average Bonchev–Trinajstić information content (AvgIpc) is 2.39. The summed E-state index contributed by atoms with van der Waals surface area (Å²) in [5.41, 5.74) is 6.67. The molecule has 1 aliphatic heterocycles. The fraction of sp³-hybridized carbons (Fsp3) is 0.500. The van der Waals surface area contributed by atoms with Gasteiger partial charge in [0.2, 0.25) is 5.91 Å². The summed E-state index contributed by atoms with van der Waals surface area (Å²) >= 11 is 0. The van der Waals surface area contributed by atoms with Crippen LogP contribution in [0, 0.1) is 12.3 Å². The highest BCUT2D eigenvalue weighted by Gasteiger charge is 2.26. The molecule has 2 rings (SSSR count). The summed E-state index contributed by atoms with van der Waals surface area (Å²) in [6.45, 7) is 6.92. The van der Waals surface area contributed by atoms with Crippen LogP contribution in [0.2, 0.25) is 0 Å². The number of anilines is 1. The zero-order chi connectivity index (χ0) is 14.0. The first-order valence-electron chi connectivity index (χ1n) is 6.36. The summed E-state index contributed by atoms with van der Waals surface area (Å²) in [6, 6.07) is 3.67. The lowest BCUT2D eigenvalue weighted by Gasteiger charge is -2.24. The summed E-state index contributed by atoms with van der Waals surface area (Å²) in [6.07, 6.45) is 0. The Hall–Kier alpha value is -1.75. The first-order chi connectivity index (χ1) is 8.94. The van der Waals surface area contributed by atoms with Crippen molar-refractivity contribution < 1.29 is 14.3 Å². The number of ether oxygens (including phenoxy) is 2. The third-order valence-electron chi connectivity index (χ3n) is 3.26. The highest BCUT2D eigenvalue weighted by Crippen LogP contribution is 2.35. The second kappa shape index (κ2) is 5.09. The Morgan fingerprint density at radius 3 is 2.47 bits per heavy atom. The van der Waals surface area contributed by atoms with Crippen LogP contribution in [0.4, 0.5) is 5.69 Å². The molecule has 1 aromatic rings. The molecule has 0 radical (unpaired) electrons. The number of fused-ring (bicyclic) bond motifs is 1. The number of nitrogens with one attached hydrogen (secondary N) is 1. The predicted octanol–water partition coefficient (Wildman–Crippen LogP) is 1.69. The van der Waals surface area contributed by atoms with Crippen LogP contribution in [0.5, 0.6) is 11.5 Å². The summed E-state index contributed by atoms with van der Waals surface area (Å²) in [4.78, 5) is 12.1. The summed E-state index contributed by atoms with van der Waals surface area (Å²) < 4.78 is 11.0.